The van der Waals surface area contributed by atoms with Gasteiger partial charge < -0.3 is 24.4 Å². The van der Waals surface area contributed by atoms with E-state index in [0.29, 0.717) is 6.61 Å². The Hall–Kier alpha value is -2.02. The third kappa shape index (κ3) is 4.20. The molecule has 1 fully saturated rings. The average Bonchev–Trinajstić information content (AvgIpc) is 2.92. The predicted octanol–water partition coefficient (Wildman–Crippen LogP) is 2.42. The number of ether oxygens (including phenoxy) is 3. The topological polar surface area (TPSA) is 68.2 Å². The third-order valence-electron chi connectivity index (χ3n) is 4.48. The minimum absolute atomic E-state index is 0.110. The molecule has 0 saturated carbocycles. The molecule has 2 aromatic carbocycles. The summed E-state index contributed by atoms with van der Waals surface area (Å²) in [4.78, 5) is 0. The zero-order valence-electron chi connectivity index (χ0n) is 14.5. The Kier molecular flexibility index (Phi) is 6.19. The molecule has 0 aliphatic carbocycles. The van der Waals surface area contributed by atoms with Crippen molar-refractivity contribution in [1.82, 2.24) is 0 Å². The molecule has 0 bridgehead atoms. The van der Waals surface area contributed by atoms with Gasteiger partial charge in [-0.1, -0.05) is 66.7 Å². The van der Waals surface area contributed by atoms with E-state index in [1.54, 1.807) is 0 Å². The second-order valence-corrected chi connectivity index (χ2v) is 6.35. The van der Waals surface area contributed by atoms with Crippen LogP contribution in [0.2, 0.25) is 0 Å². The van der Waals surface area contributed by atoms with E-state index >= 15 is 0 Å². The zero-order chi connectivity index (χ0) is 18.4. The number of hydrogen-bond donors (Lipinski definition) is 2. The molecule has 26 heavy (non-hydrogen) atoms. The molecule has 1 aliphatic heterocycles. The van der Waals surface area contributed by atoms with Crippen molar-refractivity contribution >= 4 is 0 Å². The molecule has 5 nitrogen and oxygen atoms in total. The van der Waals surface area contributed by atoms with Crippen molar-refractivity contribution in [2.45, 2.75) is 37.3 Å². The second kappa shape index (κ2) is 8.58. The number of aliphatic hydroxyl groups is 2. The summed E-state index contributed by atoms with van der Waals surface area (Å²) in [5.41, 5.74) is 0.861. The van der Waals surface area contributed by atoms with E-state index in [1.165, 1.54) is 6.08 Å². The van der Waals surface area contributed by atoms with E-state index in [0.717, 1.165) is 11.1 Å². The van der Waals surface area contributed by atoms with Crippen LogP contribution in [0.15, 0.2) is 73.3 Å². The van der Waals surface area contributed by atoms with Gasteiger partial charge in [-0.25, -0.2) is 0 Å². The minimum Gasteiger partial charge on any atom is -0.385 e. The van der Waals surface area contributed by atoms with Crippen LogP contribution >= 0.6 is 0 Å². The van der Waals surface area contributed by atoms with Crippen LogP contribution in [0, 0.1) is 0 Å². The van der Waals surface area contributed by atoms with Crippen molar-refractivity contribution in [3.05, 3.63) is 84.4 Å². The maximum atomic E-state index is 10.3. The van der Waals surface area contributed by atoms with Gasteiger partial charge in [0.25, 0.3) is 0 Å². The summed E-state index contributed by atoms with van der Waals surface area (Å²) in [6.45, 7) is 4.59. The number of rotatable bonds is 8. The van der Waals surface area contributed by atoms with Crippen molar-refractivity contribution in [3.63, 3.8) is 0 Å². The third-order valence-corrected chi connectivity index (χ3v) is 4.48. The molecule has 0 aromatic heterocycles. The Bertz CT molecular complexity index is 690. The highest BCUT2D eigenvalue weighted by atomic mass is 16.7. The van der Waals surface area contributed by atoms with Crippen molar-refractivity contribution in [2.75, 3.05) is 6.61 Å². The lowest BCUT2D eigenvalue weighted by atomic mass is 9.96. The lowest BCUT2D eigenvalue weighted by Crippen LogP contribution is -2.47. The molecule has 0 radical (unpaired) electrons. The Morgan fingerprint density at radius 2 is 1.54 bits per heavy atom. The summed E-state index contributed by atoms with van der Waals surface area (Å²) in [5, 5.41) is 20.3. The van der Waals surface area contributed by atoms with Crippen LogP contribution in [0.3, 0.4) is 0 Å². The summed E-state index contributed by atoms with van der Waals surface area (Å²) in [6, 6.07) is 19.4. The van der Waals surface area contributed by atoms with Crippen molar-refractivity contribution in [3.8, 4) is 0 Å². The molecular formula is C21H24O5. The maximum absolute atomic E-state index is 10.3. The molecule has 2 aromatic rings. The summed E-state index contributed by atoms with van der Waals surface area (Å²) >= 11 is 0. The Morgan fingerprint density at radius 1 is 0.962 bits per heavy atom. The first-order valence-electron chi connectivity index (χ1n) is 8.59. The highest BCUT2D eigenvalue weighted by Gasteiger charge is 2.54. The van der Waals surface area contributed by atoms with E-state index < -0.39 is 24.1 Å². The van der Waals surface area contributed by atoms with Crippen molar-refractivity contribution in [1.29, 1.82) is 0 Å². The lowest BCUT2D eigenvalue weighted by Gasteiger charge is -2.31. The van der Waals surface area contributed by atoms with Gasteiger partial charge in [-0.05, 0) is 11.1 Å². The molecule has 1 aliphatic rings. The SMILES string of the molecule is C=C[C@]1(COCc2ccccc2)OC(O)[C@H](O)[C@@H]1OCc1ccccc1. The summed E-state index contributed by atoms with van der Waals surface area (Å²) in [5.74, 6) is 0. The predicted molar refractivity (Wildman–Crippen MR) is 97.1 cm³/mol. The second-order valence-electron chi connectivity index (χ2n) is 6.35. The highest BCUT2D eigenvalue weighted by Crippen LogP contribution is 2.35. The van der Waals surface area contributed by atoms with Crippen LogP contribution in [0.4, 0.5) is 0 Å². The maximum Gasteiger partial charge on any atom is 0.184 e. The van der Waals surface area contributed by atoms with Gasteiger partial charge in [-0.15, -0.1) is 6.58 Å². The molecule has 5 heteroatoms. The van der Waals surface area contributed by atoms with Gasteiger partial charge in [0.05, 0.1) is 19.8 Å². The molecule has 0 amide bonds. The van der Waals surface area contributed by atoms with Crippen LogP contribution in [-0.4, -0.2) is 40.9 Å². The molecule has 0 spiro atoms. The first-order valence-corrected chi connectivity index (χ1v) is 8.59. The minimum atomic E-state index is -1.35. The first-order chi connectivity index (χ1) is 12.6. The largest absolute Gasteiger partial charge is 0.385 e. The van der Waals surface area contributed by atoms with Crippen LogP contribution in [0.5, 0.6) is 0 Å². The van der Waals surface area contributed by atoms with Gasteiger partial charge in [0, 0.05) is 0 Å². The van der Waals surface area contributed by atoms with E-state index in [4.69, 9.17) is 14.2 Å². The van der Waals surface area contributed by atoms with Gasteiger partial charge >= 0.3 is 0 Å². The summed E-state index contributed by atoms with van der Waals surface area (Å²) in [7, 11) is 0. The standard InChI is InChI=1S/C21H24O5/c1-2-21(15-24-13-16-9-5-3-6-10-16)19(18(22)20(23)26-21)25-14-17-11-7-4-8-12-17/h2-12,18-20,22-23H,1,13-15H2/t18-,19+,20?,21-/m1/s1. The van der Waals surface area contributed by atoms with E-state index in [1.807, 2.05) is 60.7 Å². The summed E-state index contributed by atoms with van der Waals surface area (Å²) < 4.78 is 17.3. The molecule has 1 heterocycles. The molecule has 3 rings (SSSR count). The molecule has 1 unspecified atom stereocenters. The van der Waals surface area contributed by atoms with Gasteiger partial charge in [-0.2, -0.15) is 0 Å². The van der Waals surface area contributed by atoms with Crippen molar-refractivity contribution in [2.24, 2.45) is 0 Å². The lowest BCUT2D eigenvalue weighted by molar-refractivity contribution is -0.166. The fraction of sp³-hybridized carbons (Fsp3) is 0.333. The van der Waals surface area contributed by atoms with Gasteiger partial charge in [0.15, 0.2) is 6.29 Å². The van der Waals surface area contributed by atoms with Gasteiger partial charge in [0.2, 0.25) is 0 Å². The van der Waals surface area contributed by atoms with E-state index in [-0.39, 0.29) is 13.2 Å². The number of hydrogen-bond acceptors (Lipinski definition) is 5. The van der Waals surface area contributed by atoms with E-state index in [9.17, 15) is 10.2 Å². The van der Waals surface area contributed by atoms with Crippen LogP contribution in [-0.2, 0) is 27.4 Å². The smallest absolute Gasteiger partial charge is 0.184 e. The Balaban J connectivity index is 1.66. The molecular weight excluding hydrogens is 332 g/mol. The Morgan fingerprint density at radius 3 is 2.12 bits per heavy atom. The fourth-order valence-corrected chi connectivity index (χ4v) is 3.04. The normalized spacial score (nSPS) is 28.2. The quantitative estimate of drug-likeness (QED) is 0.711. The average molecular weight is 356 g/mol. The molecule has 1 saturated heterocycles. The van der Waals surface area contributed by atoms with Crippen LogP contribution in [0.1, 0.15) is 11.1 Å². The molecule has 4 atom stereocenters. The monoisotopic (exact) mass is 356 g/mol. The van der Waals surface area contributed by atoms with Gasteiger partial charge in [0.1, 0.15) is 17.8 Å². The number of aliphatic hydroxyl groups excluding tert-OH is 2. The van der Waals surface area contributed by atoms with Gasteiger partial charge in [-0.3, -0.25) is 0 Å². The molecule has 138 valence electrons. The van der Waals surface area contributed by atoms with E-state index in [2.05, 4.69) is 6.58 Å². The summed E-state index contributed by atoms with van der Waals surface area (Å²) in [6.07, 6.45) is -1.79. The molecule has 2 N–H and O–H groups in total. The Labute approximate surface area is 153 Å². The highest BCUT2D eigenvalue weighted by molar-refractivity contribution is 5.16. The van der Waals surface area contributed by atoms with Crippen molar-refractivity contribution < 1.29 is 24.4 Å². The fourth-order valence-electron chi connectivity index (χ4n) is 3.04. The first kappa shape index (κ1) is 18.8. The zero-order valence-corrected chi connectivity index (χ0v) is 14.5. The van der Waals surface area contributed by atoms with Crippen LogP contribution < -0.4 is 0 Å². The number of benzene rings is 2. The van der Waals surface area contributed by atoms with Crippen LogP contribution in [0.25, 0.3) is 0 Å².